The van der Waals surface area contributed by atoms with Gasteiger partial charge in [-0.3, -0.25) is 0 Å². The van der Waals surface area contributed by atoms with Crippen LogP contribution in [0.2, 0.25) is 5.02 Å². The maximum absolute atomic E-state index is 13.7. The molecule has 0 unspecified atom stereocenters. The van der Waals surface area contributed by atoms with Gasteiger partial charge in [0.05, 0.1) is 6.20 Å². The van der Waals surface area contributed by atoms with Crippen LogP contribution in [0.15, 0.2) is 48.7 Å². The standard InChI is InChI=1S/C17H14ClF2N5/c18-12-6-4-11(5-7-12)8-9-21-17-24-15(10-22-25-17)23-16-13(19)2-1-3-14(16)20/h1-7,10H,8-9H2,(H2,21,23,24,25). The molecule has 8 heteroatoms. The van der Waals surface area contributed by atoms with Crippen LogP contribution in [0.1, 0.15) is 5.56 Å². The zero-order chi connectivity index (χ0) is 17.6. The first-order valence-corrected chi connectivity index (χ1v) is 7.89. The van der Waals surface area contributed by atoms with Gasteiger partial charge in [-0.25, -0.2) is 8.78 Å². The quantitative estimate of drug-likeness (QED) is 0.689. The summed E-state index contributed by atoms with van der Waals surface area (Å²) in [5.41, 5.74) is 0.822. The van der Waals surface area contributed by atoms with Crippen LogP contribution in [-0.4, -0.2) is 21.7 Å². The van der Waals surface area contributed by atoms with Gasteiger partial charge in [0.25, 0.3) is 0 Å². The van der Waals surface area contributed by atoms with E-state index >= 15 is 0 Å². The summed E-state index contributed by atoms with van der Waals surface area (Å²) in [7, 11) is 0. The Balaban J connectivity index is 1.62. The van der Waals surface area contributed by atoms with Gasteiger partial charge in [0, 0.05) is 11.6 Å². The topological polar surface area (TPSA) is 62.7 Å². The Hall–Kier alpha value is -2.80. The van der Waals surface area contributed by atoms with E-state index in [1.54, 1.807) is 0 Å². The summed E-state index contributed by atoms with van der Waals surface area (Å²) in [6.07, 6.45) is 2.02. The fraction of sp³-hybridized carbons (Fsp3) is 0.118. The second-order valence-electron chi connectivity index (χ2n) is 5.19. The van der Waals surface area contributed by atoms with Gasteiger partial charge in [-0.15, -0.1) is 5.10 Å². The Bertz CT molecular complexity index is 838. The molecule has 0 spiro atoms. The molecule has 2 N–H and O–H groups in total. The Kier molecular flexibility index (Phi) is 5.35. The van der Waals surface area contributed by atoms with Gasteiger partial charge in [0.15, 0.2) is 5.82 Å². The summed E-state index contributed by atoms with van der Waals surface area (Å²) in [6.45, 7) is 0.570. The van der Waals surface area contributed by atoms with Crippen molar-refractivity contribution in [3.8, 4) is 0 Å². The lowest BCUT2D eigenvalue weighted by atomic mass is 10.1. The summed E-state index contributed by atoms with van der Waals surface area (Å²) < 4.78 is 27.3. The van der Waals surface area contributed by atoms with Gasteiger partial charge in [0.1, 0.15) is 17.3 Å². The third kappa shape index (κ3) is 4.60. The van der Waals surface area contributed by atoms with Crippen molar-refractivity contribution in [1.82, 2.24) is 15.2 Å². The highest BCUT2D eigenvalue weighted by Gasteiger charge is 2.10. The zero-order valence-corrected chi connectivity index (χ0v) is 13.8. The predicted octanol–water partition coefficient (Wildman–Crippen LogP) is 4.20. The molecule has 0 bridgehead atoms. The molecule has 2 aromatic carbocycles. The molecule has 0 amide bonds. The van der Waals surface area contributed by atoms with E-state index in [4.69, 9.17) is 11.6 Å². The van der Waals surface area contributed by atoms with Crippen molar-refractivity contribution in [3.05, 3.63) is 70.9 Å². The van der Waals surface area contributed by atoms with Crippen LogP contribution in [0, 0.1) is 11.6 Å². The summed E-state index contributed by atoms with van der Waals surface area (Å²) >= 11 is 5.84. The third-order valence-corrected chi connectivity index (χ3v) is 3.64. The van der Waals surface area contributed by atoms with Crippen molar-refractivity contribution in [2.24, 2.45) is 0 Å². The van der Waals surface area contributed by atoms with E-state index in [9.17, 15) is 8.78 Å². The molecule has 0 atom stereocenters. The Morgan fingerprint density at radius 1 is 1.00 bits per heavy atom. The third-order valence-electron chi connectivity index (χ3n) is 3.38. The van der Waals surface area contributed by atoms with E-state index in [1.807, 2.05) is 24.3 Å². The maximum atomic E-state index is 13.7. The molecule has 3 rings (SSSR count). The molecular formula is C17H14ClF2N5. The molecule has 5 nitrogen and oxygen atoms in total. The van der Waals surface area contributed by atoms with Gasteiger partial charge < -0.3 is 10.6 Å². The van der Waals surface area contributed by atoms with Gasteiger partial charge in [0.2, 0.25) is 5.95 Å². The summed E-state index contributed by atoms with van der Waals surface area (Å²) in [4.78, 5) is 4.15. The molecular weight excluding hydrogens is 348 g/mol. The van der Waals surface area contributed by atoms with Crippen LogP contribution in [-0.2, 0) is 6.42 Å². The van der Waals surface area contributed by atoms with Crippen LogP contribution < -0.4 is 10.6 Å². The van der Waals surface area contributed by atoms with Crippen molar-refractivity contribution in [3.63, 3.8) is 0 Å². The highest BCUT2D eigenvalue weighted by atomic mass is 35.5. The van der Waals surface area contributed by atoms with E-state index in [0.717, 1.165) is 24.1 Å². The minimum atomic E-state index is -0.712. The number of hydrogen-bond acceptors (Lipinski definition) is 5. The van der Waals surface area contributed by atoms with E-state index in [0.29, 0.717) is 11.6 Å². The minimum absolute atomic E-state index is 0.188. The summed E-state index contributed by atoms with van der Waals surface area (Å²) in [5.74, 6) is -0.976. The average molecular weight is 362 g/mol. The van der Waals surface area contributed by atoms with Crippen molar-refractivity contribution in [1.29, 1.82) is 0 Å². The van der Waals surface area contributed by atoms with E-state index in [-0.39, 0.29) is 17.5 Å². The molecule has 25 heavy (non-hydrogen) atoms. The normalized spacial score (nSPS) is 10.5. The van der Waals surface area contributed by atoms with Gasteiger partial charge in [-0.05, 0) is 36.2 Å². The van der Waals surface area contributed by atoms with Crippen molar-refractivity contribution in [2.45, 2.75) is 6.42 Å². The molecule has 0 aliphatic rings. The van der Waals surface area contributed by atoms with Gasteiger partial charge in [-0.1, -0.05) is 29.8 Å². The zero-order valence-electron chi connectivity index (χ0n) is 13.0. The number of rotatable bonds is 6. The molecule has 1 aromatic heterocycles. The highest BCUT2D eigenvalue weighted by Crippen LogP contribution is 2.21. The van der Waals surface area contributed by atoms with Crippen LogP contribution in [0.5, 0.6) is 0 Å². The largest absolute Gasteiger partial charge is 0.353 e. The predicted molar refractivity (Wildman–Crippen MR) is 93.1 cm³/mol. The Labute approximate surface area is 148 Å². The molecule has 0 saturated carbocycles. The number of para-hydroxylation sites is 1. The second kappa shape index (κ2) is 7.85. The molecule has 0 radical (unpaired) electrons. The first-order chi connectivity index (χ1) is 12.1. The van der Waals surface area contributed by atoms with Crippen molar-refractivity contribution in [2.75, 3.05) is 17.2 Å². The summed E-state index contributed by atoms with van der Waals surface area (Å²) in [6, 6.07) is 11.1. The van der Waals surface area contributed by atoms with Crippen molar-refractivity contribution >= 4 is 29.1 Å². The first-order valence-electron chi connectivity index (χ1n) is 7.51. The lowest BCUT2D eigenvalue weighted by Crippen LogP contribution is -2.10. The van der Waals surface area contributed by atoms with Crippen LogP contribution in [0.3, 0.4) is 0 Å². The molecule has 0 aliphatic heterocycles. The molecule has 0 fully saturated rings. The lowest BCUT2D eigenvalue weighted by Gasteiger charge is -2.09. The second-order valence-corrected chi connectivity index (χ2v) is 5.63. The highest BCUT2D eigenvalue weighted by molar-refractivity contribution is 6.30. The smallest absolute Gasteiger partial charge is 0.244 e. The number of hydrogen-bond donors (Lipinski definition) is 2. The molecule has 128 valence electrons. The van der Waals surface area contributed by atoms with E-state index < -0.39 is 11.6 Å². The number of aromatic nitrogens is 3. The minimum Gasteiger partial charge on any atom is -0.353 e. The summed E-state index contributed by atoms with van der Waals surface area (Å²) in [5, 5.41) is 13.9. The maximum Gasteiger partial charge on any atom is 0.244 e. The van der Waals surface area contributed by atoms with Crippen molar-refractivity contribution < 1.29 is 8.78 Å². The van der Waals surface area contributed by atoms with Gasteiger partial charge >= 0.3 is 0 Å². The number of anilines is 3. The molecule has 0 saturated heterocycles. The van der Waals surface area contributed by atoms with Gasteiger partial charge in [-0.2, -0.15) is 10.1 Å². The number of nitrogens with zero attached hydrogens (tertiary/aromatic N) is 3. The Morgan fingerprint density at radius 2 is 1.72 bits per heavy atom. The Morgan fingerprint density at radius 3 is 2.44 bits per heavy atom. The molecule has 0 aliphatic carbocycles. The lowest BCUT2D eigenvalue weighted by molar-refractivity contribution is 0.590. The van der Waals surface area contributed by atoms with Crippen LogP contribution in [0.4, 0.5) is 26.2 Å². The fourth-order valence-corrected chi connectivity index (χ4v) is 2.28. The average Bonchev–Trinajstić information content (AvgIpc) is 2.60. The SMILES string of the molecule is Fc1cccc(F)c1Nc1cnnc(NCCc2ccc(Cl)cc2)n1. The molecule has 1 heterocycles. The monoisotopic (exact) mass is 361 g/mol. The first kappa shape index (κ1) is 17.0. The fourth-order valence-electron chi connectivity index (χ4n) is 2.15. The van der Waals surface area contributed by atoms with Crippen LogP contribution >= 0.6 is 11.6 Å². The van der Waals surface area contributed by atoms with E-state index in [1.165, 1.54) is 12.3 Å². The molecule has 3 aromatic rings. The number of benzene rings is 2. The van der Waals surface area contributed by atoms with E-state index in [2.05, 4.69) is 25.8 Å². The number of nitrogens with one attached hydrogen (secondary N) is 2. The van der Waals surface area contributed by atoms with Crippen LogP contribution in [0.25, 0.3) is 0 Å². The number of halogens is 3.